The van der Waals surface area contributed by atoms with E-state index in [0.29, 0.717) is 34.9 Å². The maximum atomic E-state index is 13.2. The second kappa shape index (κ2) is 14.5. The largest absolute Gasteiger partial charge is 0.488 e. The number of nitrogens with zero attached hydrogens (tertiary/aromatic N) is 2. The average Bonchev–Trinajstić information content (AvgIpc) is 3.60. The molecule has 1 amide bonds. The number of rotatable bonds is 8. The van der Waals surface area contributed by atoms with Crippen molar-refractivity contribution in [1.82, 2.24) is 20.1 Å². The third-order valence-electron chi connectivity index (χ3n) is 8.79. The summed E-state index contributed by atoms with van der Waals surface area (Å²) in [6.45, 7) is 10.5. The molecule has 3 atom stereocenters. The number of carbonyl (C=O) groups excluding carboxylic acids is 1. The fourth-order valence-electron chi connectivity index (χ4n) is 6.44. The van der Waals surface area contributed by atoms with Gasteiger partial charge in [0.2, 0.25) is 0 Å². The molecule has 2 aliphatic heterocycles. The molecule has 11 heteroatoms. The minimum absolute atomic E-state index is 0. The number of aliphatic hydroxyl groups excluding tert-OH is 1. The molecule has 0 bridgehead atoms. The summed E-state index contributed by atoms with van der Waals surface area (Å²) in [7, 11) is 0. The van der Waals surface area contributed by atoms with Gasteiger partial charge in [-0.1, -0.05) is 37.6 Å². The second-order valence-electron chi connectivity index (χ2n) is 11.9. The quantitative estimate of drug-likeness (QED) is 0.212. The van der Waals surface area contributed by atoms with Crippen molar-refractivity contribution in [3.05, 3.63) is 65.0 Å². The van der Waals surface area contributed by atoms with E-state index in [9.17, 15) is 9.90 Å². The molecule has 2 saturated heterocycles. The van der Waals surface area contributed by atoms with E-state index in [1.807, 2.05) is 42.5 Å². The van der Waals surface area contributed by atoms with Gasteiger partial charge in [-0.05, 0) is 55.0 Å². The van der Waals surface area contributed by atoms with Crippen molar-refractivity contribution in [2.24, 2.45) is 11.8 Å². The highest BCUT2D eigenvalue weighted by Crippen LogP contribution is 2.32. The van der Waals surface area contributed by atoms with Gasteiger partial charge in [-0.25, -0.2) is 0 Å². The molecule has 0 radical (unpaired) electrons. The normalized spacial score (nSPS) is 21.8. The Kier molecular flexibility index (Phi) is 11.3. The van der Waals surface area contributed by atoms with Gasteiger partial charge in [-0.15, -0.1) is 24.8 Å². The summed E-state index contributed by atoms with van der Waals surface area (Å²) in [4.78, 5) is 21.4. The molecule has 2 aromatic carbocycles. The summed E-state index contributed by atoms with van der Waals surface area (Å²) >= 11 is 6.39. The van der Waals surface area contributed by atoms with Crippen LogP contribution in [0.4, 0.5) is 0 Å². The number of aromatic amines is 1. The number of hydrogen-bond acceptors (Lipinski definition) is 6. The van der Waals surface area contributed by atoms with Gasteiger partial charge < -0.3 is 34.4 Å². The molecule has 3 N–H and O–H groups in total. The van der Waals surface area contributed by atoms with Crippen LogP contribution in [0.5, 0.6) is 5.75 Å². The lowest BCUT2D eigenvalue weighted by Crippen LogP contribution is -2.50. The maximum Gasteiger partial charge on any atom is 0.267 e. The van der Waals surface area contributed by atoms with Crippen LogP contribution < -0.4 is 10.1 Å². The van der Waals surface area contributed by atoms with Crippen LogP contribution in [-0.2, 0) is 6.61 Å². The number of likely N-dealkylation sites (tertiary alicyclic amines) is 2. The van der Waals surface area contributed by atoms with Crippen molar-refractivity contribution < 1.29 is 19.1 Å². The van der Waals surface area contributed by atoms with E-state index in [4.69, 9.17) is 20.8 Å². The predicted octanol–water partition coefficient (Wildman–Crippen LogP) is 6.13. The van der Waals surface area contributed by atoms with Crippen molar-refractivity contribution in [3.8, 4) is 5.75 Å². The van der Waals surface area contributed by atoms with E-state index in [1.165, 1.54) is 0 Å². The molecule has 0 saturated carbocycles. The van der Waals surface area contributed by atoms with E-state index in [0.717, 1.165) is 79.5 Å². The van der Waals surface area contributed by atoms with Gasteiger partial charge in [-0.3, -0.25) is 4.79 Å². The van der Waals surface area contributed by atoms with Crippen LogP contribution in [0.25, 0.3) is 21.9 Å². The summed E-state index contributed by atoms with van der Waals surface area (Å²) in [5, 5.41) is 15.8. The lowest BCUT2D eigenvalue weighted by atomic mass is 9.88. The van der Waals surface area contributed by atoms with E-state index in [1.54, 1.807) is 6.26 Å². The van der Waals surface area contributed by atoms with E-state index >= 15 is 0 Å². The maximum absolute atomic E-state index is 13.2. The Labute approximate surface area is 269 Å². The molecule has 6 rings (SSSR count). The molecule has 0 spiro atoms. The van der Waals surface area contributed by atoms with Gasteiger partial charge in [0, 0.05) is 67.2 Å². The third kappa shape index (κ3) is 7.44. The Balaban J connectivity index is 0.00000212. The van der Waals surface area contributed by atoms with Crippen LogP contribution in [0.1, 0.15) is 42.7 Å². The number of amides is 1. The fourth-order valence-corrected chi connectivity index (χ4v) is 6.73. The molecule has 2 aromatic heterocycles. The molecule has 4 aromatic rings. The highest BCUT2D eigenvalue weighted by atomic mass is 35.5. The second-order valence-corrected chi connectivity index (χ2v) is 12.3. The topological polar surface area (TPSA) is 94.0 Å². The highest BCUT2D eigenvalue weighted by Gasteiger charge is 2.30. The number of nitrogens with one attached hydrogen (secondary N) is 2. The van der Waals surface area contributed by atoms with Crippen molar-refractivity contribution in [1.29, 1.82) is 0 Å². The lowest BCUT2D eigenvalue weighted by Gasteiger charge is -2.40. The zero-order chi connectivity index (χ0) is 28.5. The number of benzene rings is 2. The Morgan fingerprint density at radius 2 is 1.77 bits per heavy atom. The molecule has 2 aliphatic rings. The lowest BCUT2D eigenvalue weighted by molar-refractivity contribution is -0.0109. The van der Waals surface area contributed by atoms with Gasteiger partial charge in [0.05, 0.1) is 17.4 Å². The molecule has 1 unspecified atom stereocenters. The molecular formula is C32H41Cl3N4O4. The fraction of sp³-hybridized carbons (Fsp3) is 0.469. The number of carbonyl (C=O) groups is 1. The van der Waals surface area contributed by atoms with Crippen molar-refractivity contribution in [3.63, 3.8) is 0 Å². The van der Waals surface area contributed by atoms with Crippen molar-refractivity contribution in [2.45, 2.75) is 45.4 Å². The SMILES string of the molecule is C[C@@H]1CN(CCN2CCC(NC(=O)c3cc4c(OCc5coc6cccc(Cl)c56)cccc4[nH]3)CC2)C[C@H](C)C1O.Cl.Cl. The predicted molar refractivity (Wildman–Crippen MR) is 176 cm³/mol. The first kappa shape index (κ1) is 33.4. The summed E-state index contributed by atoms with van der Waals surface area (Å²) in [6.07, 6.45) is 3.36. The third-order valence-corrected chi connectivity index (χ3v) is 9.11. The molecule has 0 aliphatic carbocycles. The van der Waals surface area contributed by atoms with Gasteiger partial charge in [0.1, 0.15) is 23.6 Å². The number of aliphatic hydroxyl groups is 1. The van der Waals surface area contributed by atoms with Gasteiger partial charge in [0.25, 0.3) is 5.91 Å². The van der Waals surface area contributed by atoms with Crippen molar-refractivity contribution in [2.75, 3.05) is 39.3 Å². The van der Waals surface area contributed by atoms with Crippen LogP contribution in [0, 0.1) is 11.8 Å². The van der Waals surface area contributed by atoms with Gasteiger partial charge in [-0.2, -0.15) is 0 Å². The first-order chi connectivity index (χ1) is 19.9. The van der Waals surface area contributed by atoms with Crippen LogP contribution in [-0.4, -0.2) is 77.2 Å². The number of halogens is 3. The number of hydrogen-bond donors (Lipinski definition) is 3. The monoisotopic (exact) mass is 650 g/mol. The first-order valence-corrected chi connectivity index (χ1v) is 15.1. The summed E-state index contributed by atoms with van der Waals surface area (Å²) in [5.74, 6) is 1.25. The Hall–Kier alpha value is -2.46. The van der Waals surface area contributed by atoms with E-state index in [-0.39, 0.29) is 42.9 Å². The first-order valence-electron chi connectivity index (χ1n) is 14.7. The number of fused-ring (bicyclic) bond motifs is 2. The molecule has 8 nitrogen and oxygen atoms in total. The molecule has 43 heavy (non-hydrogen) atoms. The van der Waals surface area contributed by atoms with Gasteiger partial charge >= 0.3 is 0 Å². The molecule has 4 heterocycles. The number of aromatic nitrogens is 1. The van der Waals surface area contributed by atoms with Gasteiger partial charge in [0.15, 0.2) is 0 Å². The standard InChI is InChI=1S/C32H39ClN4O4.2ClH/c1-20-16-37(17-21(2)31(20)38)14-13-36-11-9-23(10-12-36)34-32(39)27-15-24-26(35-27)6-4-7-28(24)40-18-22-19-41-29-8-3-5-25(33)30(22)29;;/h3-8,15,19-21,23,31,35,38H,9-14,16-18H2,1-2H3,(H,34,39);2*1H/t20-,21+,31?;;. The molecule has 2 fully saturated rings. The Morgan fingerprint density at radius 1 is 1.07 bits per heavy atom. The zero-order valence-corrected chi connectivity index (χ0v) is 26.9. The van der Waals surface area contributed by atoms with Crippen LogP contribution in [0.2, 0.25) is 5.02 Å². The van der Waals surface area contributed by atoms with E-state index in [2.05, 4.69) is 33.9 Å². The number of furan rings is 1. The number of ether oxygens (including phenoxy) is 1. The smallest absolute Gasteiger partial charge is 0.267 e. The number of piperidine rings is 2. The number of H-pyrrole nitrogens is 1. The van der Waals surface area contributed by atoms with Crippen LogP contribution >= 0.6 is 36.4 Å². The molecule has 234 valence electrons. The summed E-state index contributed by atoms with van der Waals surface area (Å²) < 4.78 is 11.8. The minimum Gasteiger partial charge on any atom is -0.488 e. The van der Waals surface area contributed by atoms with Crippen LogP contribution in [0.15, 0.2) is 53.1 Å². The Bertz CT molecular complexity index is 1510. The summed E-state index contributed by atoms with van der Waals surface area (Å²) in [6, 6.07) is 13.4. The molecular weight excluding hydrogens is 611 g/mol. The van der Waals surface area contributed by atoms with Crippen molar-refractivity contribution >= 4 is 64.2 Å². The highest BCUT2D eigenvalue weighted by molar-refractivity contribution is 6.35. The minimum atomic E-state index is -0.190. The Morgan fingerprint density at radius 3 is 2.51 bits per heavy atom. The summed E-state index contributed by atoms with van der Waals surface area (Å²) in [5.41, 5.74) is 2.99. The average molecular weight is 652 g/mol. The van der Waals surface area contributed by atoms with Crippen LogP contribution in [0.3, 0.4) is 0 Å². The zero-order valence-electron chi connectivity index (χ0n) is 24.6. The van der Waals surface area contributed by atoms with E-state index < -0.39 is 0 Å².